The van der Waals surface area contributed by atoms with E-state index < -0.39 is 6.04 Å². The van der Waals surface area contributed by atoms with E-state index in [1.807, 2.05) is 24.3 Å². The van der Waals surface area contributed by atoms with E-state index in [0.29, 0.717) is 23.9 Å². The zero-order chi connectivity index (χ0) is 21.8. The number of anilines is 1. The molecule has 7 heteroatoms. The van der Waals surface area contributed by atoms with Gasteiger partial charge in [-0.05, 0) is 42.2 Å². The van der Waals surface area contributed by atoms with E-state index in [9.17, 15) is 9.90 Å². The number of carbonyl (C=O) groups excluding carboxylic acids is 1. The third kappa shape index (κ3) is 3.26. The number of aromatic hydroxyl groups is 1. The average molecular weight is 416 g/mol. The first kappa shape index (κ1) is 19.4. The lowest BCUT2D eigenvalue weighted by molar-refractivity contribution is -0.118. The van der Waals surface area contributed by atoms with Gasteiger partial charge in [-0.15, -0.1) is 5.10 Å². The van der Waals surface area contributed by atoms with Crippen LogP contribution in [0.4, 0.5) is 5.95 Å². The Morgan fingerprint density at radius 1 is 1.13 bits per heavy atom. The third-order valence-corrected chi connectivity index (χ3v) is 5.89. The highest BCUT2D eigenvalue weighted by Gasteiger charge is 2.42. The second-order valence-electron chi connectivity index (χ2n) is 8.85. The summed E-state index contributed by atoms with van der Waals surface area (Å²) < 4.78 is 7.40. The number of methoxy groups -OCH3 is 1. The zero-order valence-corrected chi connectivity index (χ0v) is 17.7. The molecule has 2 N–H and O–H groups in total. The van der Waals surface area contributed by atoms with Crippen molar-refractivity contribution in [3.8, 4) is 22.9 Å². The van der Waals surface area contributed by atoms with Crippen molar-refractivity contribution >= 4 is 11.7 Å². The maximum atomic E-state index is 13.3. The number of hydrogen-bond acceptors (Lipinski definition) is 6. The molecule has 0 bridgehead atoms. The molecule has 0 fully saturated rings. The number of fused-ring (bicyclic) bond motifs is 1. The van der Waals surface area contributed by atoms with Crippen LogP contribution in [0.3, 0.4) is 0 Å². The number of para-hydroxylation sites is 1. The molecule has 3 aromatic rings. The van der Waals surface area contributed by atoms with Crippen LogP contribution in [0.15, 0.2) is 59.8 Å². The fourth-order valence-electron chi connectivity index (χ4n) is 4.52. The molecular formula is C24H24N4O3. The number of nitrogens with zero attached hydrogens (tertiary/aromatic N) is 3. The van der Waals surface area contributed by atoms with E-state index in [4.69, 9.17) is 14.8 Å². The minimum Gasteiger partial charge on any atom is -0.508 e. The molecule has 1 aliphatic carbocycles. The first-order chi connectivity index (χ1) is 14.9. The number of phenolic OH excluding ortho intramolecular Hbond substituents is 1. The molecule has 7 nitrogen and oxygen atoms in total. The Kier molecular flexibility index (Phi) is 4.36. The predicted octanol–water partition coefficient (Wildman–Crippen LogP) is 4.32. The summed E-state index contributed by atoms with van der Waals surface area (Å²) in [5.41, 5.74) is 3.14. The van der Waals surface area contributed by atoms with E-state index in [-0.39, 0.29) is 16.9 Å². The van der Waals surface area contributed by atoms with Crippen molar-refractivity contribution in [2.75, 3.05) is 12.4 Å². The number of aromatic nitrogens is 3. The van der Waals surface area contributed by atoms with Gasteiger partial charge in [0.15, 0.2) is 11.6 Å². The van der Waals surface area contributed by atoms with Gasteiger partial charge >= 0.3 is 0 Å². The number of ether oxygens (including phenoxy) is 1. The zero-order valence-electron chi connectivity index (χ0n) is 17.7. The summed E-state index contributed by atoms with van der Waals surface area (Å²) in [6.07, 6.45) is 1.23. The summed E-state index contributed by atoms with van der Waals surface area (Å²) in [7, 11) is 1.63. The van der Waals surface area contributed by atoms with Gasteiger partial charge in [-0.1, -0.05) is 32.0 Å². The Morgan fingerprint density at radius 3 is 2.61 bits per heavy atom. The van der Waals surface area contributed by atoms with Crippen LogP contribution in [-0.4, -0.2) is 32.8 Å². The third-order valence-electron chi connectivity index (χ3n) is 5.89. The first-order valence-corrected chi connectivity index (χ1v) is 10.3. The lowest BCUT2D eigenvalue weighted by Crippen LogP contribution is -2.36. The van der Waals surface area contributed by atoms with Crippen LogP contribution >= 0.6 is 0 Å². The first-order valence-electron chi connectivity index (χ1n) is 10.3. The van der Waals surface area contributed by atoms with Gasteiger partial charge in [0.1, 0.15) is 17.5 Å². The topological polar surface area (TPSA) is 89.3 Å². The standard InChI is InChI=1S/C24H24N4O3/c1-24(2)12-17-20(18(30)13-24)21(16-6-4-5-7-19(16)31-3)28-23(25-17)26-22(27-28)14-8-10-15(29)11-9-14/h4-11,21,29H,12-13H2,1-3H3,(H,25,26,27). The fraction of sp³-hybridized carbons (Fsp3) is 0.292. The van der Waals surface area contributed by atoms with Crippen molar-refractivity contribution in [3.05, 3.63) is 65.4 Å². The van der Waals surface area contributed by atoms with E-state index in [0.717, 1.165) is 28.8 Å². The van der Waals surface area contributed by atoms with Crippen LogP contribution < -0.4 is 10.1 Å². The Morgan fingerprint density at radius 2 is 1.87 bits per heavy atom. The maximum absolute atomic E-state index is 13.3. The lowest BCUT2D eigenvalue weighted by Gasteiger charge is -2.38. The summed E-state index contributed by atoms with van der Waals surface area (Å²) in [5, 5.41) is 17.8. The number of carbonyl (C=O) groups is 1. The quantitative estimate of drug-likeness (QED) is 0.661. The minimum absolute atomic E-state index is 0.113. The highest BCUT2D eigenvalue weighted by molar-refractivity contribution is 6.00. The number of rotatable bonds is 3. The van der Waals surface area contributed by atoms with Crippen molar-refractivity contribution < 1.29 is 14.6 Å². The molecule has 31 heavy (non-hydrogen) atoms. The monoisotopic (exact) mass is 416 g/mol. The largest absolute Gasteiger partial charge is 0.508 e. The Bertz CT molecular complexity index is 1210. The van der Waals surface area contributed by atoms with Gasteiger partial charge in [0.25, 0.3) is 0 Å². The number of allylic oxidation sites excluding steroid dienone is 2. The van der Waals surface area contributed by atoms with Crippen molar-refractivity contribution in [1.29, 1.82) is 0 Å². The molecule has 2 aromatic carbocycles. The highest BCUT2D eigenvalue weighted by Crippen LogP contribution is 2.47. The summed E-state index contributed by atoms with van der Waals surface area (Å²) in [4.78, 5) is 18.0. The van der Waals surface area contributed by atoms with Gasteiger partial charge in [0.05, 0.1) is 7.11 Å². The molecule has 2 aliphatic rings. The Hall–Kier alpha value is -3.61. The van der Waals surface area contributed by atoms with E-state index in [1.54, 1.807) is 36.1 Å². The predicted molar refractivity (Wildman–Crippen MR) is 117 cm³/mol. The molecule has 2 heterocycles. The number of ketones is 1. The maximum Gasteiger partial charge on any atom is 0.226 e. The molecular weight excluding hydrogens is 392 g/mol. The number of phenols is 1. The molecule has 0 amide bonds. The molecule has 0 saturated heterocycles. The number of hydrogen-bond donors (Lipinski definition) is 2. The van der Waals surface area contributed by atoms with Crippen LogP contribution in [0.25, 0.3) is 11.4 Å². The van der Waals surface area contributed by atoms with Gasteiger partial charge in [0, 0.05) is 28.8 Å². The number of benzene rings is 2. The van der Waals surface area contributed by atoms with Gasteiger partial charge in [-0.25, -0.2) is 4.68 Å². The Labute approximate surface area is 180 Å². The van der Waals surface area contributed by atoms with Crippen LogP contribution in [0.5, 0.6) is 11.5 Å². The Balaban J connectivity index is 1.70. The van der Waals surface area contributed by atoms with Gasteiger partial charge in [-0.2, -0.15) is 4.98 Å². The molecule has 1 unspecified atom stereocenters. The van der Waals surface area contributed by atoms with Crippen molar-refractivity contribution in [1.82, 2.24) is 14.8 Å². The molecule has 0 radical (unpaired) electrons. The van der Waals surface area contributed by atoms with Gasteiger partial charge < -0.3 is 15.2 Å². The summed E-state index contributed by atoms with van der Waals surface area (Å²) in [6, 6.07) is 14.1. The van der Waals surface area contributed by atoms with Crippen molar-refractivity contribution in [2.45, 2.75) is 32.7 Å². The number of Topliss-reactive ketones (excluding diaryl/α,β-unsaturated/α-hetero) is 1. The van der Waals surface area contributed by atoms with Crippen LogP contribution in [0, 0.1) is 5.41 Å². The second-order valence-corrected chi connectivity index (χ2v) is 8.85. The number of nitrogens with one attached hydrogen (secondary N) is 1. The van der Waals surface area contributed by atoms with E-state index in [1.165, 1.54) is 0 Å². The molecule has 1 aromatic heterocycles. The highest BCUT2D eigenvalue weighted by atomic mass is 16.5. The van der Waals surface area contributed by atoms with Crippen LogP contribution in [-0.2, 0) is 4.79 Å². The molecule has 5 rings (SSSR count). The molecule has 1 aliphatic heterocycles. The normalized spacial score (nSPS) is 19.5. The summed E-state index contributed by atoms with van der Waals surface area (Å²) in [6.45, 7) is 4.21. The average Bonchev–Trinajstić information content (AvgIpc) is 3.15. The smallest absolute Gasteiger partial charge is 0.226 e. The second kappa shape index (κ2) is 6.97. The molecule has 0 saturated carbocycles. The van der Waals surface area contributed by atoms with Gasteiger partial charge in [-0.3, -0.25) is 4.79 Å². The van der Waals surface area contributed by atoms with E-state index >= 15 is 0 Å². The molecule has 0 spiro atoms. The van der Waals surface area contributed by atoms with Gasteiger partial charge in [0.2, 0.25) is 5.95 Å². The summed E-state index contributed by atoms with van der Waals surface area (Å²) >= 11 is 0. The van der Waals surface area contributed by atoms with Crippen LogP contribution in [0.2, 0.25) is 0 Å². The fourth-order valence-corrected chi connectivity index (χ4v) is 4.52. The van der Waals surface area contributed by atoms with Crippen molar-refractivity contribution in [3.63, 3.8) is 0 Å². The SMILES string of the molecule is COc1ccccc1C1C2=C(CC(C)(C)CC2=O)Nc2nc(-c3ccc(O)cc3)nn21. The van der Waals surface area contributed by atoms with Crippen molar-refractivity contribution in [2.24, 2.45) is 5.41 Å². The van der Waals surface area contributed by atoms with E-state index in [2.05, 4.69) is 19.2 Å². The minimum atomic E-state index is -0.427. The molecule has 1 atom stereocenters. The molecule has 158 valence electrons. The van der Waals surface area contributed by atoms with Crippen LogP contribution in [0.1, 0.15) is 38.3 Å². The summed E-state index contributed by atoms with van der Waals surface area (Å²) in [5.74, 6) is 2.10. The lowest BCUT2D eigenvalue weighted by atomic mass is 9.73.